The van der Waals surface area contributed by atoms with E-state index in [1.807, 2.05) is 6.92 Å². The van der Waals surface area contributed by atoms with E-state index in [9.17, 15) is 14.4 Å². The van der Waals surface area contributed by atoms with Gasteiger partial charge in [0.25, 0.3) is 5.91 Å². The molecule has 2 aromatic rings. The predicted octanol–water partition coefficient (Wildman–Crippen LogP) is 4.03. The molecule has 3 N–H and O–H groups in total. The molecule has 2 rings (SSSR count). The molecule has 0 atom stereocenters. The average Bonchev–Trinajstić information content (AvgIpc) is 2.62. The third kappa shape index (κ3) is 5.73. The molecule has 136 valence electrons. The largest absolute Gasteiger partial charge is 0.326 e. The van der Waals surface area contributed by atoms with Crippen LogP contribution in [0.25, 0.3) is 0 Å². The van der Waals surface area contributed by atoms with Crippen LogP contribution in [0.2, 0.25) is 0 Å². The van der Waals surface area contributed by atoms with Gasteiger partial charge in [0.1, 0.15) is 0 Å². The molecule has 0 heterocycles. The highest BCUT2D eigenvalue weighted by Crippen LogP contribution is 2.18. The molecule has 0 aliphatic carbocycles. The van der Waals surface area contributed by atoms with Gasteiger partial charge in [-0.1, -0.05) is 26.0 Å². The fraction of sp³-hybridized carbons (Fsp3) is 0.250. The summed E-state index contributed by atoms with van der Waals surface area (Å²) < 4.78 is 0. The van der Waals surface area contributed by atoms with Crippen LogP contribution in [0, 0.1) is 0 Å². The smallest absolute Gasteiger partial charge is 0.255 e. The Morgan fingerprint density at radius 1 is 0.769 bits per heavy atom. The van der Waals surface area contributed by atoms with Gasteiger partial charge in [0.2, 0.25) is 11.8 Å². The zero-order chi connectivity index (χ0) is 18.9. The van der Waals surface area contributed by atoms with Gasteiger partial charge >= 0.3 is 0 Å². The fourth-order valence-corrected chi connectivity index (χ4v) is 2.32. The molecule has 0 saturated heterocycles. The maximum absolute atomic E-state index is 12.4. The summed E-state index contributed by atoms with van der Waals surface area (Å²) in [5.74, 6) is -0.469. The first-order valence-electron chi connectivity index (χ1n) is 8.63. The minimum Gasteiger partial charge on any atom is -0.326 e. The van der Waals surface area contributed by atoms with Crippen molar-refractivity contribution >= 4 is 34.8 Å². The van der Waals surface area contributed by atoms with E-state index in [4.69, 9.17) is 0 Å². The molecule has 0 radical (unpaired) electrons. The minimum atomic E-state index is -0.297. The maximum Gasteiger partial charge on any atom is 0.255 e. The number of carbonyl (C=O) groups excluding carboxylic acids is 3. The van der Waals surface area contributed by atoms with Crippen molar-refractivity contribution in [3.63, 3.8) is 0 Å². The van der Waals surface area contributed by atoms with Crippen molar-refractivity contribution < 1.29 is 14.4 Å². The van der Waals surface area contributed by atoms with E-state index in [2.05, 4.69) is 16.0 Å². The van der Waals surface area contributed by atoms with Gasteiger partial charge in [-0.2, -0.15) is 0 Å². The summed E-state index contributed by atoms with van der Waals surface area (Å²) in [6.07, 6.45) is 1.59. The van der Waals surface area contributed by atoms with Crippen LogP contribution in [0.15, 0.2) is 48.5 Å². The molecule has 0 fully saturated rings. The Bertz CT molecular complexity index is 802. The van der Waals surface area contributed by atoms with Gasteiger partial charge in [0.05, 0.1) is 0 Å². The second-order valence-corrected chi connectivity index (χ2v) is 5.82. The first-order valence-corrected chi connectivity index (χ1v) is 8.63. The lowest BCUT2D eigenvalue weighted by molar-refractivity contribution is -0.116. The van der Waals surface area contributed by atoms with Crippen molar-refractivity contribution in [1.29, 1.82) is 0 Å². The summed E-state index contributed by atoms with van der Waals surface area (Å²) in [7, 11) is 0. The van der Waals surface area contributed by atoms with Crippen LogP contribution >= 0.6 is 0 Å². The number of benzene rings is 2. The van der Waals surface area contributed by atoms with Crippen LogP contribution in [-0.2, 0) is 9.59 Å². The molecule has 0 bridgehead atoms. The van der Waals surface area contributed by atoms with Crippen LogP contribution in [0.3, 0.4) is 0 Å². The quantitative estimate of drug-likeness (QED) is 0.702. The Morgan fingerprint density at radius 3 is 2.00 bits per heavy atom. The second kappa shape index (κ2) is 9.36. The van der Waals surface area contributed by atoms with Crippen LogP contribution < -0.4 is 16.0 Å². The molecular weight excluding hydrogens is 330 g/mol. The summed E-state index contributed by atoms with van der Waals surface area (Å²) >= 11 is 0. The Labute approximate surface area is 153 Å². The number of amides is 3. The van der Waals surface area contributed by atoms with E-state index >= 15 is 0 Å². The highest BCUT2D eigenvalue weighted by atomic mass is 16.2. The van der Waals surface area contributed by atoms with E-state index < -0.39 is 0 Å². The summed E-state index contributed by atoms with van der Waals surface area (Å²) in [4.78, 5) is 35.6. The lowest BCUT2D eigenvalue weighted by atomic mass is 10.1. The highest BCUT2D eigenvalue weighted by molar-refractivity contribution is 6.05. The molecule has 0 saturated carbocycles. The average molecular weight is 353 g/mol. The third-order valence-electron chi connectivity index (χ3n) is 3.61. The Kier molecular flexibility index (Phi) is 6.91. The van der Waals surface area contributed by atoms with Crippen molar-refractivity contribution in [3.05, 3.63) is 54.1 Å². The molecule has 26 heavy (non-hydrogen) atoms. The normalized spacial score (nSPS) is 10.1. The molecule has 0 aromatic heterocycles. The molecule has 0 aliphatic heterocycles. The van der Waals surface area contributed by atoms with Crippen molar-refractivity contribution in [2.75, 3.05) is 16.0 Å². The number of nitrogens with one attached hydrogen (secondary N) is 3. The molecule has 0 aliphatic rings. The van der Waals surface area contributed by atoms with Gasteiger partial charge in [-0.05, 0) is 42.8 Å². The van der Waals surface area contributed by atoms with E-state index in [0.29, 0.717) is 35.5 Å². The van der Waals surface area contributed by atoms with Crippen LogP contribution in [0.1, 0.15) is 43.5 Å². The SMILES string of the molecule is CCCC(=O)Nc1cccc(NC(=O)c2cccc(NC(=O)CC)c2)c1. The van der Waals surface area contributed by atoms with Gasteiger partial charge in [-0.15, -0.1) is 0 Å². The topological polar surface area (TPSA) is 87.3 Å². The van der Waals surface area contributed by atoms with Gasteiger partial charge in [0.15, 0.2) is 0 Å². The van der Waals surface area contributed by atoms with E-state index in [-0.39, 0.29) is 17.7 Å². The lowest BCUT2D eigenvalue weighted by Crippen LogP contribution is -2.14. The molecule has 3 amide bonds. The van der Waals surface area contributed by atoms with Crippen LogP contribution in [0.4, 0.5) is 17.1 Å². The third-order valence-corrected chi connectivity index (χ3v) is 3.61. The summed E-state index contributed by atoms with van der Waals surface area (Å²) in [5, 5.41) is 8.32. The summed E-state index contributed by atoms with van der Waals surface area (Å²) in [6.45, 7) is 3.70. The van der Waals surface area contributed by atoms with E-state index in [1.165, 1.54) is 0 Å². The van der Waals surface area contributed by atoms with Crippen molar-refractivity contribution in [2.45, 2.75) is 33.1 Å². The predicted molar refractivity (Wildman–Crippen MR) is 103 cm³/mol. The van der Waals surface area contributed by atoms with Gasteiger partial charge in [0, 0.05) is 35.5 Å². The maximum atomic E-state index is 12.4. The molecular formula is C20H23N3O3. The highest BCUT2D eigenvalue weighted by Gasteiger charge is 2.09. The van der Waals surface area contributed by atoms with Crippen molar-refractivity contribution in [3.8, 4) is 0 Å². The number of hydrogen-bond donors (Lipinski definition) is 3. The van der Waals surface area contributed by atoms with Crippen molar-refractivity contribution in [2.24, 2.45) is 0 Å². The van der Waals surface area contributed by atoms with Gasteiger partial charge in [-0.25, -0.2) is 0 Å². The summed E-state index contributed by atoms with van der Waals surface area (Å²) in [6, 6.07) is 13.7. The Hall–Kier alpha value is -3.15. The summed E-state index contributed by atoms with van der Waals surface area (Å²) in [5.41, 5.74) is 2.21. The zero-order valence-corrected chi connectivity index (χ0v) is 15.0. The first-order chi connectivity index (χ1) is 12.5. The Morgan fingerprint density at radius 2 is 1.35 bits per heavy atom. The monoisotopic (exact) mass is 353 g/mol. The Balaban J connectivity index is 2.06. The second-order valence-electron chi connectivity index (χ2n) is 5.82. The number of carbonyl (C=O) groups is 3. The molecule has 0 spiro atoms. The van der Waals surface area contributed by atoms with Crippen LogP contribution in [0.5, 0.6) is 0 Å². The van der Waals surface area contributed by atoms with Crippen molar-refractivity contribution in [1.82, 2.24) is 0 Å². The number of rotatable bonds is 7. The minimum absolute atomic E-state index is 0.0599. The lowest BCUT2D eigenvalue weighted by Gasteiger charge is -2.10. The van der Waals surface area contributed by atoms with Gasteiger partial charge < -0.3 is 16.0 Å². The van der Waals surface area contributed by atoms with E-state index in [1.54, 1.807) is 55.5 Å². The van der Waals surface area contributed by atoms with E-state index in [0.717, 1.165) is 6.42 Å². The molecule has 0 unspecified atom stereocenters. The molecule has 2 aromatic carbocycles. The molecule has 6 heteroatoms. The van der Waals surface area contributed by atoms with Crippen LogP contribution in [-0.4, -0.2) is 17.7 Å². The van der Waals surface area contributed by atoms with Gasteiger partial charge in [-0.3, -0.25) is 14.4 Å². The zero-order valence-electron chi connectivity index (χ0n) is 15.0. The first kappa shape index (κ1) is 19.2. The number of hydrogen-bond acceptors (Lipinski definition) is 3. The number of anilines is 3. The fourth-order valence-electron chi connectivity index (χ4n) is 2.32. The molecule has 6 nitrogen and oxygen atoms in total. The standard InChI is InChI=1S/C20H23N3O3/c1-3-7-19(25)22-16-10-6-11-17(13-16)23-20(26)14-8-5-9-15(12-14)21-18(24)4-2/h5-6,8-13H,3-4,7H2,1-2H3,(H,21,24)(H,22,25)(H,23,26).